The van der Waals surface area contributed by atoms with E-state index in [0.717, 1.165) is 23.4 Å². The fourth-order valence-corrected chi connectivity index (χ4v) is 2.57. The van der Waals surface area contributed by atoms with Gasteiger partial charge in [-0.05, 0) is 32.4 Å². The Morgan fingerprint density at radius 2 is 2.08 bits per heavy atom. The van der Waals surface area contributed by atoms with Crippen molar-refractivity contribution < 1.29 is 9.53 Å². The minimum absolute atomic E-state index is 0.0445. The van der Waals surface area contributed by atoms with E-state index in [-0.39, 0.29) is 24.5 Å². The number of benzene rings is 1. The van der Waals surface area contributed by atoms with Gasteiger partial charge in [0.25, 0.3) is 0 Å². The number of para-hydroxylation sites is 1. The molecule has 0 aliphatic rings. The number of rotatable bonds is 8. The van der Waals surface area contributed by atoms with Crippen molar-refractivity contribution in [1.29, 1.82) is 0 Å². The molecule has 0 saturated carbocycles. The van der Waals surface area contributed by atoms with Gasteiger partial charge in [0.1, 0.15) is 5.75 Å². The third kappa shape index (κ3) is 5.09. The second-order valence-electron chi connectivity index (χ2n) is 6.05. The van der Waals surface area contributed by atoms with Gasteiger partial charge in [-0.1, -0.05) is 18.2 Å². The molecule has 2 rings (SSSR count). The highest BCUT2D eigenvalue weighted by Gasteiger charge is 2.14. The van der Waals surface area contributed by atoms with E-state index in [1.165, 1.54) is 0 Å². The lowest BCUT2D eigenvalue weighted by molar-refractivity contribution is -0.121. The maximum absolute atomic E-state index is 12.2. The quantitative estimate of drug-likeness (QED) is 0.777. The molecular formula is C18H26N4O2. The van der Waals surface area contributed by atoms with Crippen LogP contribution in [-0.2, 0) is 11.3 Å². The lowest BCUT2D eigenvalue weighted by atomic mass is 10.1. The number of carbonyl (C=O) groups excluding carboxylic acids is 1. The summed E-state index contributed by atoms with van der Waals surface area (Å²) in [6.45, 7) is 6.98. The molecule has 0 unspecified atom stereocenters. The number of hydrogen-bond donors (Lipinski definition) is 2. The van der Waals surface area contributed by atoms with Gasteiger partial charge in [0.2, 0.25) is 5.91 Å². The first-order valence-electron chi connectivity index (χ1n) is 8.14. The summed E-state index contributed by atoms with van der Waals surface area (Å²) in [5.41, 5.74) is 2.10. The minimum Gasteiger partial charge on any atom is -0.496 e. The second kappa shape index (κ2) is 8.49. The van der Waals surface area contributed by atoms with Crippen molar-refractivity contribution in [2.45, 2.75) is 39.4 Å². The van der Waals surface area contributed by atoms with Gasteiger partial charge in [0.05, 0.1) is 32.4 Å². The summed E-state index contributed by atoms with van der Waals surface area (Å²) in [6, 6.07) is 7.74. The van der Waals surface area contributed by atoms with Crippen LogP contribution in [0.1, 0.15) is 31.0 Å². The molecule has 130 valence electrons. The minimum atomic E-state index is -0.112. The Hall–Kier alpha value is -2.34. The van der Waals surface area contributed by atoms with Crippen LogP contribution in [0.5, 0.6) is 5.75 Å². The van der Waals surface area contributed by atoms with E-state index in [1.54, 1.807) is 7.11 Å². The Kier molecular flexibility index (Phi) is 6.37. The van der Waals surface area contributed by atoms with E-state index >= 15 is 0 Å². The normalized spacial score (nSPS) is 13.3. The predicted octanol–water partition coefficient (Wildman–Crippen LogP) is 2.06. The van der Waals surface area contributed by atoms with Gasteiger partial charge in [-0.3, -0.25) is 9.48 Å². The summed E-state index contributed by atoms with van der Waals surface area (Å²) in [5.74, 6) is 0.734. The van der Waals surface area contributed by atoms with E-state index in [9.17, 15) is 4.79 Å². The van der Waals surface area contributed by atoms with Crippen LogP contribution < -0.4 is 15.4 Å². The molecule has 6 nitrogen and oxygen atoms in total. The van der Waals surface area contributed by atoms with Crippen LogP contribution in [0.15, 0.2) is 36.7 Å². The largest absolute Gasteiger partial charge is 0.496 e. The smallest absolute Gasteiger partial charge is 0.234 e. The zero-order valence-corrected chi connectivity index (χ0v) is 14.7. The summed E-state index contributed by atoms with van der Waals surface area (Å²) in [4.78, 5) is 12.2. The first-order chi connectivity index (χ1) is 11.5. The molecule has 0 aliphatic heterocycles. The van der Waals surface area contributed by atoms with Crippen molar-refractivity contribution >= 4 is 5.91 Å². The molecule has 0 bridgehead atoms. The molecule has 0 fully saturated rings. The van der Waals surface area contributed by atoms with Crippen molar-refractivity contribution in [2.24, 2.45) is 0 Å². The van der Waals surface area contributed by atoms with Crippen LogP contribution in [-0.4, -0.2) is 35.4 Å². The Balaban J connectivity index is 1.80. The van der Waals surface area contributed by atoms with Gasteiger partial charge in [0.15, 0.2) is 0 Å². The summed E-state index contributed by atoms with van der Waals surface area (Å²) < 4.78 is 7.22. The molecule has 1 aromatic carbocycles. The van der Waals surface area contributed by atoms with Gasteiger partial charge in [0, 0.05) is 17.8 Å². The highest BCUT2D eigenvalue weighted by Crippen LogP contribution is 2.23. The molecule has 0 radical (unpaired) electrons. The van der Waals surface area contributed by atoms with Gasteiger partial charge in [-0.15, -0.1) is 0 Å². The molecule has 0 aliphatic carbocycles. The van der Waals surface area contributed by atoms with Crippen LogP contribution in [0.4, 0.5) is 0 Å². The first kappa shape index (κ1) is 18.0. The lowest BCUT2D eigenvalue weighted by Gasteiger charge is -2.18. The monoisotopic (exact) mass is 330 g/mol. The van der Waals surface area contributed by atoms with Crippen molar-refractivity contribution in [2.75, 3.05) is 13.7 Å². The van der Waals surface area contributed by atoms with E-state index in [1.807, 2.05) is 62.1 Å². The summed E-state index contributed by atoms with van der Waals surface area (Å²) in [5, 5.41) is 10.5. The Morgan fingerprint density at radius 1 is 1.33 bits per heavy atom. The van der Waals surface area contributed by atoms with Gasteiger partial charge >= 0.3 is 0 Å². The maximum Gasteiger partial charge on any atom is 0.234 e. The lowest BCUT2D eigenvalue weighted by Crippen LogP contribution is -2.40. The Bertz CT molecular complexity index is 669. The average Bonchev–Trinajstić information content (AvgIpc) is 2.97. The number of amides is 1. The zero-order chi connectivity index (χ0) is 17.5. The standard InChI is InChI=1S/C18H26N4O2/c1-13-9-20-22(11-13)12-14(2)19-10-18(23)21-15(3)16-7-5-6-8-17(16)24-4/h5-9,11,14-15,19H,10,12H2,1-4H3,(H,21,23)/t14-,15-/m1/s1. The SMILES string of the molecule is COc1ccccc1[C@@H](C)NC(=O)CN[C@H](C)Cn1cc(C)cn1. The number of nitrogens with one attached hydrogen (secondary N) is 2. The van der Waals surface area contributed by atoms with Crippen LogP contribution in [0.2, 0.25) is 0 Å². The fraction of sp³-hybridized carbons (Fsp3) is 0.444. The first-order valence-corrected chi connectivity index (χ1v) is 8.14. The summed E-state index contributed by atoms with van der Waals surface area (Å²) in [6.07, 6.45) is 3.82. The number of aromatic nitrogens is 2. The van der Waals surface area contributed by atoms with E-state index < -0.39 is 0 Å². The third-order valence-corrected chi connectivity index (χ3v) is 3.82. The second-order valence-corrected chi connectivity index (χ2v) is 6.05. The molecule has 24 heavy (non-hydrogen) atoms. The molecule has 1 aromatic heterocycles. The average molecular weight is 330 g/mol. The van der Waals surface area contributed by atoms with Gasteiger partial charge in [-0.25, -0.2) is 0 Å². The molecule has 1 amide bonds. The zero-order valence-electron chi connectivity index (χ0n) is 14.7. The molecule has 0 spiro atoms. The number of ether oxygens (including phenoxy) is 1. The Labute approximate surface area is 143 Å². The number of aryl methyl sites for hydroxylation is 1. The van der Waals surface area contributed by atoms with Crippen LogP contribution >= 0.6 is 0 Å². The highest BCUT2D eigenvalue weighted by molar-refractivity contribution is 5.78. The van der Waals surface area contributed by atoms with Crippen LogP contribution in [0.25, 0.3) is 0 Å². The highest BCUT2D eigenvalue weighted by atomic mass is 16.5. The van der Waals surface area contributed by atoms with Gasteiger partial charge < -0.3 is 15.4 Å². The molecule has 6 heteroatoms. The molecule has 2 atom stereocenters. The molecule has 0 saturated heterocycles. The molecule has 1 heterocycles. The number of methoxy groups -OCH3 is 1. The van der Waals surface area contributed by atoms with Crippen molar-refractivity contribution in [3.8, 4) is 5.75 Å². The van der Waals surface area contributed by atoms with E-state index in [2.05, 4.69) is 15.7 Å². The fourth-order valence-electron chi connectivity index (χ4n) is 2.57. The number of carbonyl (C=O) groups is 1. The predicted molar refractivity (Wildman–Crippen MR) is 94.0 cm³/mol. The molecule has 2 N–H and O–H groups in total. The van der Waals surface area contributed by atoms with E-state index in [0.29, 0.717) is 0 Å². The maximum atomic E-state index is 12.2. The molecular weight excluding hydrogens is 304 g/mol. The Morgan fingerprint density at radius 3 is 2.75 bits per heavy atom. The van der Waals surface area contributed by atoms with Crippen molar-refractivity contribution in [3.05, 3.63) is 47.8 Å². The van der Waals surface area contributed by atoms with Crippen LogP contribution in [0.3, 0.4) is 0 Å². The summed E-state index contributed by atoms with van der Waals surface area (Å²) >= 11 is 0. The van der Waals surface area contributed by atoms with E-state index in [4.69, 9.17) is 4.74 Å². The van der Waals surface area contributed by atoms with Crippen molar-refractivity contribution in [1.82, 2.24) is 20.4 Å². The third-order valence-electron chi connectivity index (χ3n) is 3.82. The summed E-state index contributed by atoms with van der Waals surface area (Å²) in [7, 11) is 1.63. The number of hydrogen-bond acceptors (Lipinski definition) is 4. The topological polar surface area (TPSA) is 68.2 Å². The number of nitrogens with zero attached hydrogens (tertiary/aromatic N) is 2. The van der Waals surface area contributed by atoms with Crippen LogP contribution in [0, 0.1) is 6.92 Å². The van der Waals surface area contributed by atoms with Crippen molar-refractivity contribution in [3.63, 3.8) is 0 Å². The van der Waals surface area contributed by atoms with Gasteiger partial charge in [-0.2, -0.15) is 5.10 Å². The molecule has 2 aromatic rings.